The maximum absolute atomic E-state index is 13.2. The van der Waals surface area contributed by atoms with Crippen LogP contribution in [0.3, 0.4) is 0 Å². The van der Waals surface area contributed by atoms with E-state index in [9.17, 15) is 9.50 Å². The summed E-state index contributed by atoms with van der Waals surface area (Å²) in [5, 5.41) is 12.8. The molecule has 106 valence electrons. The van der Waals surface area contributed by atoms with E-state index < -0.39 is 6.10 Å². The molecule has 0 aromatic heterocycles. The van der Waals surface area contributed by atoms with Crippen molar-refractivity contribution in [3.8, 4) is 0 Å². The molecule has 0 heterocycles. The van der Waals surface area contributed by atoms with Crippen molar-refractivity contribution in [1.82, 2.24) is 0 Å². The van der Waals surface area contributed by atoms with Gasteiger partial charge in [0, 0.05) is 4.47 Å². The van der Waals surface area contributed by atoms with Gasteiger partial charge in [0.25, 0.3) is 0 Å². The highest BCUT2D eigenvalue weighted by Crippen LogP contribution is 2.34. The minimum absolute atomic E-state index is 0.288. The molecule has 0 aliphatic rings. The molecule has 21 heavy (non-hydrogen) atoms. The summed E-state index contributed by atoms with van der Waals surface area (Å²) in [6.07, 6.45) is -0.774. The molecule has 1 nitrogen and oxygen atoms in total. The van der Waals surface area contributed by atoms with Crippen molar-refractivity contribution in [2.24, 2.45) is 0 Å². The molecule has 1 N–H and O–H groups in total. The lowest BCUT2D eigenvalue weighted by Gasteiger charge is -2.17. The Morgan fingerprint density at radius 2 is 1.62 bits per heavy atom. The average Bonchev–Trinajstić information content (AvgIpc) is 2.47. The van der Waals surface area contributed by atoms with Gasteiger partial charge < -0.3 is 5.11 Å². The van der Waals surface area contributed by atoms with Crippen LogP contribution in [0.15, 0.2) is 59.1 Å². The molecule has 0 fully saturated rings. The van der Waals surface area contributed by atoms with Crippen LogP contribution in [0.1, 0.15) is 22.8 Å². The van der Waals surface area contributed by atoms with Crippen molar-refractivity contribution in [3.63, 3.8) is 0 Å². The third-order valence-electron chi connectivity index (χ3n) is 3.73. The van der Waals surface area contributed by atoms with Crippen LogP contribution in [0.4, 0.5) is 4.39 Å². The third kappa shape index (κ3) is 2.59. The largest absolute Gasteiger partial charge is 0.384 e. The maximum atomic E-state index is 13.2. The second kappa shape index (κ2) is 5.58. The SMILES string of the molecule is Cc1cc(F)ccc1C(O)c1ccc(Br)c2ccccc12. The normalized spacial score (nSPS) is 12.6. The Bertz CT molecular complexity index is 813. The molecule has 3 aromatic rings. The van der Waals surface area contributed by atoms with Crippen LogP contribution in [0, 0.1) is 12.7 Å². The summed E-state index contributed by atoms with van der Waals surface area (Å²) < 4.78 is 14.2. The van der Waals surface area contributed by atoms with Gasteiger partial charge in [-0.2, -0.15) is 0 Å². The molecule has 1 unspecified atom stereocenters. The van der Waals surface area contributed by atoms with Crippen LogP contribution >= 0.6 is 15.9 Å². The van der Waals surface area contributed by atoms with Gasteiger partial charge in [-0.05, 0) is 52.6 Å². The molecule has 0 aliphatic carbocycles. The number of aliphatic hydroxyl groups excluding tert-OH is 1. The lowest BCUT2D eigenvalue weighted by molar-refractivity contribution is 0.221. The molecule has 0 amide bonds. The Morgan fingerprint density at radius 3 is 2.33 bits per heavy atom. The number of hydrogen-bond acceptors (Lipinski definition) is 1. The molecule has 0 saturated heterocycles. The number of hydrogen-bond donors (Lipinski definition) is 1. The van der Waals surface area contributed by atoms with Gasteiger partial charge in [-0.1, -0.05) is 52.3 Å². The van der Waals surface area contributed by atoms with Crippen LogP contribution in [0.2, 0.25) is 0 Å². The van der Waals surface area contributed by atoms with E-state index in [-0.39, 0.29) is 5.82 Å². The lowest BCUT2D eigenvalue weighted by Crippen LogP contribution is -2.03. The number of aliphatic hydroxyl groups is 1. The van der Waals surface area contributed by atoms with Gasteiger partial charge in [-0.15, -0.1) is 0 Å². The standard InChI is InChI=1S/C18H14BrFO/c1-11-10-12(20)6-7-13(11)18(21)16-8-9-17(19)15-5-3-2-4-14(15)16/h2-10,18,21H,1H3. The van der Waals surface area contributed by atoms with Crippen molar-refractivity contribution in [2.75, 3.05) is 0 Å². The minimum Gasteiger partial charge on any atom is -0.384 e. The summed E-state index contributed by atoms with van der Waals surface area (Å²) in [6.45, 7) is 1.81. The fourth-order valence-electron chi connectivity index (χ4n) is 2.64. The highest BCUT2D eigenvalue weighted by molar-refractivity contribution is 9.10. The zero-order valence-electron chi connectivity index (χ0n) is 11.5. The zero-order chi connectivity index (χ0) is 15.0. The molecule has 0 bridgehead atoms. The van der Waals surface area contributed by atoms with Crippen molar-refractivity contribution in [3.05, 3.63) is 81.6 Å². The van der Waals surface area contributed by atoms with E-state index in [4.69, 9.17) is 0 Å². The van der Waals surface area contributed by atoms with E-state index in [0.29, 0.717) is 0 Å². The van der Waals surface area contributed by atoms with Crippen LogP contribution in [-0.4, -0.2) is 5.11 Å². The lowest BCUT2D eigenvalue weighted by atomic mass is 9.93. The predicted molar refractivity (Wildman–Crippen MR) is 86.8 cm³/mol. The molecule has 0 spiro atoms. The Kier molecular flexibility index (Phi) is 3.79. The first-order valence-corrected chi connectivity index (χ1v) is 7.48. The Labute approximate surface area is 131 Å². The molecule has 0 radical (unpaired) electrons. The molecule has 3 aromatic carbocycles. The number of aryl methyl sites for hydroxylation is 1. The highest BCUT2D eigenvalue weighted by atomic mass is 79.9. The van der Waals surface area contributed by atoms with E-state index in [1.807, 2.05) is 43.3 Å². The van der Waals surface area contributed by atoms with E-state index in [2.05, 4.69) is 15.9 Å². The Balaban J connectivity index is 2.18. The quantitative estimate of drug-likeness (QED) is 0.683. The fraction of sp³-hybridized carbons (Fsp3) is 0.111. The van der Waals surface area contributed by atoms with Gasteiger partial charge in [0.05, 0.1) is 0 Å². The first kappa shape index (κ1) is 14.2. The molecular weight excluding hydrogens is 331 g/mol. The Hall–Kier alpha value is -1.71. The van der Waals surface area contributed by atoms with Gasteiger partial charge in [0.2, 0.25) is 0 Å². The second-order valence-electron chi connectivity index (χ2n) is 5.09. The number of halogens is 2. The van der Waals surface area contributed by atoms with Gasteiger partial charge >= 0.3 is 0 Å². The van der Waals surface area contributed by atoms with Crippen molar-refractivity contribution < 1.29 is 9.50 Å². The zero-order valence-corrected chi connectivity index (χ0v) is 13.1. The van der Waals surface area contributed by atoms with Crippen LogP contribution in [0.25, 0.3) is 10.8 Å². The van der Waals surface area contributed by atoms with E-state index >= 15 is 0 Å². The first-order valence-electron chi connectivity index (χ1n) is 6.69. The van der Waals surface area contributed by atoms with Crippen LogP contribution in [-0.2, 0) is 0 Å². The number of rotatable bonds is 2. The summed E-state index contributed by atoms with van der Waals surface area (Å²) in [5.74, 6) is -0.288. The summed E-state index contributed by atoms with van der Waals surface area (Å²) in [6, 6.07) is 16.2. The van der Waals surface area contributed by atoms with Gasteiger partial charge in [-0.25, -0.2) is 4.39 Å². The first-order chi connectivity index (χ1) is 10.1. The summed E-state index contributed by atoms with van der Waals surface area (Å²) >= 11 is 3.53. The summed E-state index contributed by atoms with van der Waals surface area (Å²) in [7, 11) is 0. The van der Waals surface area contributed by atoms with Gasteiger partial charge in [-0.3, -0.25) is 0 Å². The third-order valence-corrected chi connectivity index (χ3v) is 4.42. The van der Waals surface area contributed by atoms with Crippen molar-refractivity contribution >= 4 is 26.7 Å². The molecule has 3 rings (SSSR count). The highest BCUT2D eigenvalue weighted by Gasteiger charge is 2.16. The monoisotopic (exact) mass is 344 g/mol. The minimum atomic E-state index is -0.774. The smallest absolute Gasteiger partial charge is 0.123 e. The predicted octanol–water partition coefficient (Wildman–Crippen LogP) is 5.13. The van der Waals surface area contributed by atoms with Crippen molar-refractivity contribution in [2.45, 2.75) is 13.0 Å². The molecule has 0 saturated carbocycles. The topological polar surface area (TPSA) is 20.2 Å². The Morgan fingerprint density at radius 1 is 0.952 bits per heavy atom. The van der Waals surface area contributed by atoms with E-state index in [1.165, 1.54) is 12.1 Å². The van der Waals surface area contributed by atoms with E-state index in [0.717, 1.165) is 31.9 Å². The number of benzene rings is 3. The summed E-state index contributed by atoms with van der Waals surface area (Å²) in [4.78, 5) is 0. The summed E-state index contributed by atoms with van der Waals surface area (Å²) in [5.41, 5.74) is 2.29. The van der Waals surface area contributed by atoms with Crippen molar-refractivity contribution in [1.29, 1.82) is 0 Å². The molecule has 3 heteroatoms. The molecule has 1 atom stereocenters. The molecule has 0 aliphatic heterocycles. The second-order valence-corrected chi connectivity index (χ2v) is 5.94. The van der Waals surface area contributed by atoms with Crippen LogP contribution in [0.5, 0.6) is 0 Å². The van der Waals surface area contributed by atoms with Gasteiger partial charge in [0.15, 0.2) is 0 Å². The van der Waals surface area contributed by atoms with Gasteiger partial charge in [0.1, 0.15) is 11.9 Å². The fourth-order valence-corrected chi connectivity index (χ4v) is 3.12. The average molecular weight is 345 g/mol. The number of fused-ring (bicyclic) bond motifs is 1. The van der Waals surface area contributed by atoms with E-state index in [1.54, 1.807) is 6.07 Å². The maximum Gasteiger partial charge on any atom is 0.123 e. The molecular formula is C18H14BrFO. The van der Waals surface area contributed by atoms with Crippen LogP contribution < -0.4 is 0 Å².